The second-order valence-corrected chi connectivity index (χ2v) is 7.63. The Bertz CT molecular complexity index is 624. The number of guanidine groups is 1. The predicted molar refractivity (Wildman–Crippen MR) is 111 cm³/mol. The zero-order chi connectivity index (χ0) is 19.6. The van der Waals surface area contributed by atoms with Crippen LogP contribution < -0.4 is 10.6 Å². The molecule has 0 saturated carbocycles. The molecule has 1 unspecified atom stereocenters. The highest BCUT2D eigenvalue weighted by molar-refractivity contribution is 5.90. The van der Waals surface area contributed by atoms with Crippen molar-refractivity contribution in [1.29, 1.82) is 0 Å². The summed E-state index contributed by atoms with van der Waals surface area (Å²) in [6, 6.07) is 7.91. The Morgan fingerprint density at radius 1 is 1.41 bits per heavy atom. The normalized spacial score (nSPS) is 17.2. The van der Waals surface area contributed by atoms with Gasteiger partial charge in [-0.2, -0.15) is 0 Å². The highest BCUT2D eigenvalue weighted by atomic mass is 16.5. The fraction of sp³-hybridized carbons (Fsp3) is 0.619. The molecule has 1 aromatic carbocycles. The van der Waals surface area contributed by atoms with Gasteiger partial charge in [0.15, 0.2) is 5.96 Å². The summed E-state index contributed by atoms with van der Waals surface area (Å²) >= 11 is 0. The topological polar surface area (TPSA) is 66.0 Å². The number of rotatable bonds is 8. The van der Waals surface area contributed by atoms with E-state index < -0.39 is 0 Å². The zero-order valence-corrected chi connectivity index (χ0v) is 17.1. The molecule has 6 heteroatoms. The number of benzene rings is 1. The van der Waals surface area contributed by atoms with Gasteiger partial charge >= 0.3 is 0 Å². The van der Waals surface area contributed by atoms with Gasteiger partial charge < -0.3 is 20.3 Å². The van der Waals surface area contributed by atoms with Crippen LogP contribution in [-0.2, 0) is 16.1 Å². The Morgan fingerprint density at radius 2 is 2.22 bits per heavy atom. The lowest BCUT2D eigenvalue weighted by atomic mass is 10.1. The van der Waals surface area contributed by atoms with Gasteiger partial charge in [0, 0.05) is 44.8 Å². The highest BCUT2D eigenvalue weighted by Gasteiger charge is 2.19. The third-order valence-electron chi connectivity index (χ3n) is 4.47. The van der Waals surface area contributed by atoms with Crippen molar-refractivity contribution in [3.63, 3.8) is 0 Å². The molecule has 0 radical (unpaired) electrons. The van der Waals surface area contributed by atoms with Gasteiger partial charge in [0.2, 0.25) is 5.91 Å². The van der Waals surface area contributed by atoms with Crippen LogP contribution >= 0.6 is 0 Å². The van der Waals surface area contributed by atoms with Crippen LogP contribution in [0.5, 0.6) is 0 Å². The lowest BCUT2D eigenvalue weighted by Gasteiger charge is -2.24. The Morgan fingerprint density at radius 3 is 2.89 bits per heavy atom. The van der Waals surface area contributed by atoms with Crippen LogP contribution in [0.2, 0.25) is 0 Å². The number of aliphatic imine (C=N–C) groups is 1. The molecule has 1 amide bonds. The third kappa shape index (κ3) is 7.59. The SMILES string of the molecule is CCNC(=NCc1cccc(NC(=O)CC(C)C)c1)N(C)CC1CCOC1. The van der Waals surface area contributed by atoms with Crippen LogP contribution in [0.25, 0.3) is 0 Å². The molecule has 2 rings (SSSR count). The van der Waals surface area contributed by atoms with E-state index in [1.807, 2.05) is 38.1 Å². The number of anilines is 1. The van der Waals surface area contributed by atoms with Gasteiger partial charge in [-0.05, 0) is 37.0 Å². The first-order chi connectivity index (χ1) is 13.0. The molecule has 0 spiro atoms. The maximum absolute atomic E-state index is 12.0. The maximum Gasteiger partial charge on any atom is 0.224 e. The smallest absolute Gasteiger partial charge is 0.224 e. The van der Waals surface area contributed by atoms with Gasteiger partial charge in [-0.25, -0.2) is 4.99 Å². The van der Waals surface area contributed by atoms with Gasteiger partial charge in [0.05, 0.1) is 13.2 Å². The van der Waals surface area contributed by atoms with Gasteiger partial charge in [-0.15, -0.1) is 0 Å². The number of ether oxygens (including phenoxy) is 1. The zero-order valence-electron chi connectivity index (χ0n) is 17.1. The Balaban J connectivity index is 1.97. The monoisotopic (exact) mass is 374 g/mol. The Labute approximate surface area is 163 Å². The molecule has 2 N–H and O–H groups in total. The van der Waals surface area contributed by atoms with Crippen molar-refractivity contribution < 1.29 is 9.53 Å². The lowest BCUT2D eigenvalue weighted by molar-refractivity contribution is -0.116. The number of amides is 1. The minimum atomic E-state index is 0.0532. The summed E-state index contributed by atoms with van der Waals surface area (Å²) in [5, 5.41) is 6.33. The number of hydrogen-bond donors (Lipinski definition) is 2. The number of carbonyl (C=O) groups excluding carboxylic acids is 1. The van der Waals surface area contributed by atoms with Crippen molar-refractivity contribution in [3.05, 3.63) is 29.8 Å². The third-order valence-corrected chi connectivity index (χ3v) is 4.47. The molecule has 1 aliphatic heterocycles. The molecule has 1 fully saturated rings. The molecule has 1 atom stereocenters. The van der Waals surface area contributed by atoms with Crippen LogP contribution in [-0.4, -0.2) is 50.1 Å². The second kappa shape index (κ2) is 10.9. The van der Waals surface area contributed by atoms with Crippen LogP contribution in [0.15, 0.2) is 29.3 Å². The van der Waals surface area contributed by atoms with E-state index in [9.17, 15) is 4.79 Å². The van der Waals surface area contributed by atoms with E-state index in [0.29, 0.717) is 24.8 Å². The summed E-state index contributed by atoms with van der Waals surface area (Å²) < 4.78 is 5.47. The van der Waals surface area contributed by atoms with Crippen molar-refractivity contribution in [2.24, 2.45) is 16.8 Å². The summed E-state index contributed by atoms with van der Waals surface area (Å²) in [5.41, 5.74) is 1.90. The van der Waals surface area contributed by atoms with Gasteiger partial charge in [-0.1, -0.05) is 26.0 Å². The van der Waals surface area contributed by atoms with E-state index in [2.05, 4.69) is 29.5 Å². The quantitative estimate of drug-likeness (QED) is 0.542. The minimum Gasteiger partial charge on any atom is -0.381 e. The van der Waals surface area contributed by atoms with E-state index in [1.165, 1.54) is 0 Å². The standard InChI is InChI=1S/C21H34N4O2/c1-5-22-21(25(4)14-18-9-10-27-15-18)23-13-17-7-6-8-19(12-17)24-20(26)11-16(2)3/h6-8,12,16,18H,5,9-11,13-15H2,1-4H3,(H,22,23)(H,24,26). The van der Waals surface area contributed by atoms with Crippen LogP contribution in [0.1, 0.15) is 39.2 Å². The van der Waals surface area contributed by atoms with Crippen LogP contribution in [0, 0.1) is 11.8 Å². The molecule has 150 valence electrons. The summed E-state index contributed by atoms with van der Waals surface area (Å²) in [4.78, 5) is 18.9. The highest BCUT2D eigenvalue weighted by Crippen LogP contribution is 2.15. The summed E-state index contributed by atoms with van der Waals surface area (Å²) in [7, 11) is 2.07. The first-order valence-corrected chi connectivity index (χ1v) is 9.94. The maximum atomic E-state index is 12.0. The average Bonchev–Trinajstić information content (AvgIpc) is 3.11. The Hall–Kier alpha value is -2.08. The molecule has 1 saturated heterocycles. The molecule has 0 bridgehead atoms. The van der Waals surface area contributed by atoms with E-state index >= 15 is 0 Å². The van der Waals surface area contributed by atoms with Crippen LogP contribution in [0.3, 0.4) is 0 Å². The molecule has 1 heterocycles. The van der Waals surface area contributed by atoms with E-state index in [0.717, 1.165) is 49.9 Å². The summed E-state index contributed by atoms with van der Waals surface area (Å²) in [6.45, 7) is 10.2. The minimum absolute atomic E-state index is 0.0532. The van der Waals surface area contributed by atoms with E-state index in [1.54, 1.807) is 0 Å². The van der Waals surface area contributed by atoms with Crippen molar-refractivity contribution in [3.8, 4) is 0 Å². The summed E-state index contributed by atoms with van der Waals surface area (Å²) in [6.07, 6.45) is 1.64. The van der Waals surface area contributed by atoms with Gasteiger partial charge in [0.1, 0.15) is 0 Å². The van der Waals surface area contributed by atoms with Crippen molar-refractivity contribution in [2.45, 2.75) is 40.2 Å². The molecular formula is C21H34N4O2. The second-order valence-electron chi connectivity index (χ2n) is 7.63. The molecule has 1 aliphatic rings. The first-order valence-electron chi connectivity index (χ1n) is 9.94. The van der Waals surface area contributed by atoms with Crippen molar-refractivity contribution >= 4 is 17.6 Å². The predicted octanol–water partition coefficient (Wildman–Crippen LogP) is 3.11. The number of nitrogens with one attached hydrogen (secondary N) is 2. The molecule has 27 heavy (non-hydrogen) atoms. The first kappa shape index (κ1) is 21.2. The fourth-order valence-electron chi connectivity index (χ4n) is 3.17. The van der Waals surface area contributed by atoms with Gasteiger partial charge in [0.25, 0.3) is 0 Å². The molecule has 1 aromatic rings. The average molecular weight is 375 g/mol. The molecule has 0 aliphatic carbocycles. The molecule has 6 nitrogen and oxygen atoms in total. The lowest BCUT2D eigenvalue weighted by Crippen LogP contribution is -2.41. The largest absolute Gasteiger partial charge is 0.381 e. The van der Waals surface area contributed by atoms with Crippen molar-refractivity contribution in [2.75, 3.05) is 38.7 Å². The number of hydrogen-bond acceptors (Lipinski definition) is 3. The number of nitrogens with zero attached hydrogens (tertiary/aromatic N) is 2. The van der Waals surface area contributed by atoms with Crippen LogP contribution in [0.4, 0.5) is 5.69 Å². The summed E-state index contributed by atoms with van der Waals surface area (Å²) in [5.74, 6) is 1.87. The van der Waals surface area contributed by atoms with E-state index in [4.69, 9.17) is 9.73 Å². The molecule has 0 aromatic heterocycles. The molecular weight excluding hydrogens is 340 g/mol. The van der Waals surface area contributed by atoms with E-state index in [-0.39, 0.29) is 5.91 Å². The number of carbonyl (C=O) groups is 1. The Kier molecular flexibility index (Phi) is 8.58. The fourth-order valence-corrected chi connectivity index (χ4v) is 3.17. The van der Waals surface area contributed by atoms with Crippen molar-refractivity contribution in [1.82, 2.24) is 10.2 Å². The van der Waals surface area contributed by atoms with Gasteiger partial charge in [-0.3, -0.25) is 4.79 Å².